The van der Waals surface area contributed by atoms with E-state index in [0.717, 1.165) is 0 Å². The molecule has 0 saturated carbocycles. The van der Waals surface area contributed by atoms with Crippen LogP contribution in [-0.4, -0.2) is 33.7 Å². The molecule has 0 aromatic carbocycles. The highest BCUT2D eigenvalue weighted by Crippen LogP contribution is 1.98. The molecule has 0 bridgehead atoms. The molecule has 0 amide bonds. The number of hydrogen-bond donors (Lipinski definition) is 0. The minimum absolute atomic E-state index is 0.197. The first-order valence-corrected chi connectivity index (χ1v) is 6.22. The van der Waals surface area contributed by atoms with Gasteiger partial charge in [-0.2, -0.15) is 0 Å². The lowest BCUT2D eigenvalue weighted by Gasteiger charge is -2.11. The fourth-order valence-electron chi connectivity index (χ4n) is 0.568. The average molecular weight is 234 g/mol. The van der Waals surface area contributed by atoms with E-state index >= 15 is 0 Å². The van der Waals surface area contributed by atoms with Gasteiger partial charge in [0.2, 0.25) is 0 Å². The molecule has 0 spiro atoms. The molecule has 0 aliphatic carbocycles. The summed E-state index contributed by atoms with van der Waals surface area (Å²) in [6.07, 6.45) is 0.394. The van der Waals surface area contributed by atoms with Crippen LogP contribution in [0.25, 0.3) is 0 Å². The second kappa shape index (κ2) is 8.68. The molecule has 0 atom stereocenters. The highest BCUT2D eigenvalue weighted by Gasteiger charge is 2.44. The smallest absolute Gasteiger partial charge is 0.561 e. The number of hydrogen-bond acceptors (Lipinski definition) is 6. The summed E-state index contributed by atoms with van der Waals surface area (Å²) in [6, 6.07) is 0. The van der Waals surface area contributed by atoms with E-state index in [1.165, 1.54) is 0 Å². The molecule has 6 nitrogen and oxygen atoms in total. The van der Waals surface area contributed by atoms with Crippen molar-refractivity contribution in [1.29, 1.82) is 0 Å². The summed E-state index contributed by atoms with van der Waals surface area (Å²) in [5, 5.41) is 0. The molecule has 0 unspecified atom stereocenters. The molecule has 0 rings (SSSR count). The molecule has 0 N–H and O–H groups in total. The van der Waals surface area contributed by atoms with Crippen LogP contribution in [0.1, 0.15) is 33.6 Å². The van der Waals surface area contributed by atoms with Gasteiger partial charge in [0.15, 0.2) is 0 Å². The maximum atomic E-state index is 10.9. The normalized spacial score (nSPS) is 9.53. The third-order valence-corrected chi connectivity index (χ3v) is 2.50. The van der Waals surface area contributed by atoms with Crippen molar-refractivity contribution in [2.45, 2.75) is 33.6 Å². The molecule has 7 heteroatoms. The number of carbonyl (C=O) groups excluding carboxylic acids is 2. The summed E-state index contributed by atoms with van der Waals surface area (Å²) in [5.74, 6) is -0.953. The van der Waals surface area contributed by atoms with Crippen LogP contribution in [0.15, 0.2) is 0 Å². The van der Waals surface area contributed by atoms with Gasteiger partial charge >= 0.3 is 15.1 Å². The molecule has 0 aromatic rings. The van der Waals surface area contributed by atoms with Crippen LogP contribution >= 0.6 is 0 Å². The topological polar surface area (TPSA) is 71.1 Å². The molecule has 0 saturated heterocycles. The van der Waals surface area contributed by atoms with Crippen molar-refractivity contribution in [3.05, 3.63) is 0 Å². The van der Waals surface area contributed by atoms with E-state index in [9.17, 15) is 9.59 Å². The van der Waals surface area contributed by atoms with Crippen LogP contribution in [-0.2, 0) is 26.0 Å². The summed E-state index contributed by atoms with van der Waals surface area (Å²) in [6.45, 7) is 5.26. The van der Waals surface area contributed by atoms with Crippen molar-refractivity contribution >= 4 is 27.1 Å². The SMILES string of the molecule is CCO[O][Al]([O]C(=O)CC)[O]C(=O)CC. The Hall–Kier alpha value is -0.608. The second-order valence-corrected chi connectivity index (χ2v) is 3.72. The Morgan fingerprint density at radius 3 is 1.80 bits per heavy atom. The zero-order chi connectivity index (χ0) is 11.7. The summed E-state index contributed by atoms with van der Waals surface area (Å²) >= 11 is -2.82. The maximum absolute atomic E-state index is 10.9. The van der Waals surface area contributed by atoms with E-state index in [2.05, 4.69) is 8.83 Å². The van der Waals surface area contributed by atoms with E-state index < -0.39 is 27.1 Å². The van der Waals surface area contributed by atoms with Crippen LogP contribution in [0.3, 0.4) is 0 Å². The minimum atomic E-state index is -2.82. The standard InChI is InChI=1S/2C3H6O2.C2H6O2.Al/c2*1-2-3(4)5;1-2-4-3;/h2*2H2,1H3,(H,4,5);3H,2H2,1H3;/q;;;+3/p-3. The Labute approximate surface area is 93.8 Å². The predicted molar refractivity (Wildman–Crippen MR) is 51.2 cm³/mol. The van der Waals surface area contributed by atoms with Gasteiger partial charge in [0.05, 0.1) is 6.61 Å². The molecule has 0 heterocycles. The molecule has 0 fully saturated rings. The fraction of sp³-hybridized carbons (Fsp3) is 0.750. The predicted octanol–water partition coefficient (Wildman–Crippen LogP) is 0.846. The zero-order valence-corrected chi connectivity index (χ0v) is 10.3. The first-order valence-electron chi connectivity index (χ1n) is 4.81. The molecule has 0 aliphatic heterocycles. The van der Waals surface area contributed by atoms with Crippen molar-refractivity contribution < 1.29 is 26.0 Å². The first kappa shape index (κ1) is 14.4. The number of rotatable bonds is 7. The van der Waals surface area contributed by atoms with Gasteiger partial charge in [0.25, 0.3) is 11.9 Å². The van der Waals surface area contributed by atoms with Crippen LogP contribution in [0.4, 0.5) is 0 Å². The van der Waals surface area contributed by atoms with Gasteiger partial charge in [-0.1, -0.05) is 13.8 Å². The van der Waals surface area contributed by atoms with Crippen molar-refractivity contribution in [2.75, 3.05) is 6.61 Å². The lowest BCUT2D eigenvalue weighted by Crippen LogP contribution is -2.32. The van der Waals surface area contributed by atoms with Gasteiger partial charge in [0, 0.05) is 12.8 Å². The molecular formula is C8H15AlO6. The maximum Gasteiger partial charge on any atom is 1.13 e. The third-order valence-electron chi connectivity index (χ3n) is 1.30. The first-order chi connectivity index (χ1) is 7.13. The third kappa shape index (κ3) is 7.34. The van der Waals surface area contributed by atoms with Gasteiger partial charge in [-0.3, -0.25) is 18.4 Å². The van der Waals surface area contributed by atoms with Crippen LogP contribution in [0.5, 0.6) is 0 Å². The number of carbonyl (C=O) groups is 2. The van der Waals surface area contributed by atoms with Crippen LogP contribution in [0, 0.1) is 0 Å². The quantitative estimate of drug-likeness (QED) is 0.369. The van der Waals surface area contributed by atoms with Crippen molar-refractivity contribution in [3.8, 4) is 0 Å². The van der Waals surface area contributed by atoms with E-state index in [0.29, 0.717) is 0 Å². The molecule has 0 aromatic heterocycles. The Kier molecular flexibility index (Phi) is 8.33. The van der Waals surface area contributed by atoms with E-state index in [1.54, 1.807) is 20.8 Å². The van der Waals surface area contributed by atoms with E-state index in [4.69, 9.17) is 7.58 Å². The van der Waals surface area contributed by atoms with Gasteiger partial charge in [0.1, 0.15) is 0 Å². The Balaban J connectivity index is 4.05. The highest BCUT2D eigenvalue weighted by atomic mass is 27.3. The molecule has 15 heavy (non-hydrogen) atoms. The lowest BCUT2D eigenvalue weighted by atomic mass is 10.5. The van der Waals surface area contributed by atoms with Crippen molar-refractivity contribution in [2.24, 2.45) is 0 Å². The van der Waals surface area contributed by atoms with E-state index in [1.807, 2.05) is 0 Å². The zero-order valence-electron chi connectivity index (χ0n) is 9.15. The molecule has 0 radical (unpaired) electrons. The summed E-state index contributed by atoms with van der Waals surface area (Å²) < 4.78 is 14.3. The van der Waals surface area contributed by atoms with Gasteiger partial charge < -0.3 is 7.58 Å². The Morgan fingerprint density at radius 1 is 1.00 bits per heavy atom. The minimum Gasteiger partial charge on any atom is -0.561 e. The Morgan fingerprint density at radius 2 is 1.47 bits per heavy atom. The molecular weight excluding hydrogens is 219 g/mol. The van der Waals surface area contributed by atoms with Crippen LogP contribution < -0.4 is 0 Å². The van der Waals surface area contributed by atoms with Crippen LogP contribution in [0.2, 0.25) is 0 Å². The van der Waals surface area contributed by atoms with Gasteiger partial charge in [-0.15, -0.1) is 0 Å². The van der Waals surface area contributed by atoms with Crippen molar-refractivity contribution in [3.63, 3.8) is 0 Å². The van der Waals surface area contributed by atoms with Crippen molar-refractivity contribution in [1.82, 2.24) is 0 Å². The average Bonchev–Trinajstić information content (AvgIpc) is 2.25. The lowest BCUT2D eigenvalue weighted by molar-refractivity contribution is -0.235. The highest BCUT2D eigenvalue weighted by molar-refractivity contribution is 6.41. The molecule has 86 valence electrons. The second-order valence-electron chi connectivity index (χ2n) is 2.48. The summed E-state index contributed by atoms with van der Waals surface area (Å²) in [7, 11) is 0. The summed E-state index contributed by atoms with van der Waals surface area (Å²) in [5.41, 5.74) is 0. The summed E-state index contributed by atoms with van der Waals surface area (Å²) in [4.78, 5) is 26.5. The largest absolute Gasteiger partial charge is 1.13 e. The Bertz CT molecular complexity index is 189. The monoisotopic (exact) mass is 234 g/mol. The van der Waals surface area contributed by atoms with Gasteiger partial charge in [-0.25, -0.2) is 0 Å². The molecule has 0 aliphatic rings. The van der Waals surface area contributed by atoms with Gasteiger partial charge in [-0.05, 0) is 6.92 Å². The fourth-order valence-corrected chi connectivity index (χ4v) is 1.70. The van der Waals surface area contributed by atoms with E-state index in [-0.39, 0.29) is 19.4 Å².